The van der Waals surface area contributed by atoms with Gasteiger partial charge in [-0.15, -0.1) is 11.3 Å². The lowest BCUT2D eigenvalue weighted by Crippen LogP contribution is -2.30. The topological polar surface area (TPSA) is 107 Å². The number of thiophene rings is 1. The van der Waals surface area contributed by atoms with Crippen LogP contribution in [0, 0.1) is 0 Å². The first-order valence-electron chi connectivity index (χ1n) is 10.7. The molecule has 1 aromatic carbocycles. The van der Waals surface area contributed by atoms with E-state index in [1.54, 1.807) is 7.11 Å². The van der Waals surface area contributed by atoms with Crippen LogP contribution in [0.5, 0.6) is 0 Å². The van der Waals surface area contributed by atoms with Crippen molar-refractivity contribution in [2.75, 3.05) is 19.5 Å². The van der Waals surface area contributed by atoms with E-state index in [4.69, 9.17) is 10.5 Å². The Morgan fingerprint density at radius 2 is 1.90 bits per heavy atom. The second-order valence-electron chi connectivity index (χ2n) is 8.07. The molecule has 7 nitrogen and oxygen atoms in total. The lowest BCUT2D eigenvalue weighted by Gasteiger charge is -2.22. The quantitative estimate of drug-likeness (QED) is 0.430. The minimum absolute atomic E-state index is 0.128. The van der Waals surface area contributed by atoms with E-state index in [0.717, 1.165) is 11.3 Å². The number of nitrogens with two attached hydrogens (primary N) is 1. The Morgan fingerprint density at radius 1 is 1.19 bits per heavy atom. The van der Waals surface area contributed by atoms with Gasteiger partial charge in [-0.3, -0.25) is 19.1 Å². The molecule has 1 aliphatic carbocycles. The van der Waals surface area contributed by atoms with E-state index in [1.807, 2.05) is 24.3 Å². The zero-order valence-corrected chi connectivity index (χ0v) is 18.4. The number of methoxy groups -OCH3 is 1. The summed E-state index contributed by atoms with van der Waals surface area (Å²) in [6.07, 6.45) is 6.80. The number of H-pyrrole nitrogens is 1. The Balaban J connectivity index is 1.68. The minimum Gasteiger partial charge on any atom is -0.397 e. The first-order chi connectivity index (χ1) is 15.0. The third kappa shape index (κ3) is 4.22. The van der Waals surface area contributed by atoms with Crippen molar-refractivity contribution >= 4 is 33.0 Å². The van der Waals surface area contributed by atoms with Gasteiger partial charge in [-0.05, 0) is 30.7 Å². The maximum Gasteiger partial charge on any atom is 0.329 e. The number of anilines is 1. The number of hydrogen-bond acceptors (Lipinski definition) is 6. The van der Waals surface area contributed by atoms with Crippen LogP contribution >= 0.6 is 11.3 Å². The van der Waals surface area contributed by atoms with E-state index in [2.05, 4.69) is 4.98 Å². The van der Waals surface area contributed by atoms with Crippen LogP contribution in [0.15, 0.2) is 33.9 Å². The van der Waals surface area contributed by atoms with E-state index in [1.165, 1.54) is 42.2 Å². The lowest BCUT2D eigenvalue weighted by atomic mass is 9.84. The van der Waals surface area contributed by atoms with Gasteiger partial charge >= 0.3 is 5.69 Å². The summed E-state index contributed by atoms with van der Waals surface area (Å²) in [6.45, 7) is 0.844. The van der Waals surface area contributed by atoms with Crippen molar-refractivity contribution in [3.63, 3.8) is 0 Å². The molecule has 0 bridgehead atoms. The van der Waals surface area contributed by atoms with E-state index in [0.29, 0.717) is 35.9 Å². The Labute approximate surface area is 183 Å². The van der Waals surface area contributed by atoms with Crippen molar-refractivity contribution in [1.82, 2.24) is 9.55 Å². The number of ketones is 1. The predicted molar refractivity (Wildman–Crippen MR) is 123 cm³/mol. The van der Waals surface area contributed by atoms with Gasteiger partial charge in [0.05, 0.1) is 11.1 Å². The number of nitrogen functional groups attached to an aromatic ring is 1. The molecule has 0 amide bonds. The zero-order chi connectivity index (χ0) is 22.0. The highest BCUT2D eigenvalue weighted by atomic mass is 32.1. The summed E-state index contributed by atoms with van der Waals surface area (Å²) in [5, 5.41) is 0.198. The number of aromatic nitrogens is 2. The third-order valence-corrected chi connectivity index (χ3v) is 7.28. The van der Waals surface area contributed by atoms with Crippen LogP contribution in [0.1, 0.15) is 65.2 Å². The summed E-state index contributed by atoms with van der Waals surface area (Å²) in [7, 11) is 1.59. The second kappa shape index (κ2) is 9.20. The first-order valence-corrected chi connectivity index (χ1v) is 11.5. The Bertz CT molecular complexity index is 1200. The first kappa shape index (κ1) is 21.5. The van der Waals surface area contributed by atoms with Crippen molar-refractivity contribution in [1.29, 1.82) is 0 Å². The molecule has 31 heavy (non-hydrogen) atoms. The average molecular weight is 442 g/mol. The van der Waals surface area contributed by atoms with Crippen molar-refractivity contribution in [2.24, 2.45) is 0 Å². The number of nitrogens with one attached hydrogen (secondary N) is 1. The van der Waals surface area contributed by atoms with Gasteiger partial charge in [-0.1, -0.05) is 43.5 Å². The van der Waals surface area contributed by atoms with Gasteiger partial charge in [0.25, 0.3) is 5.56 Å². The summed E-state index contributed by atoms with van der Waals surface area (Å²) >= 11 is 1.10. The molecule has 0 aliphatic heterocycles. The number of nitrogens with zero attached hydrogens (tertiary/aromatic N) is 1. The van der Waals surface area contributed by atoms with Gasteiger partial charge in [0.1, 0.15) is 9.71 Å². The normalized spacial score (nSPS) is 14.9. The van der Waals surface area contributed by atoms with Crippen LogP contribution < -0.4 is 17.0 Å². The molecule has 0 unspecified atom stereocenters. The molecule has 2 aromatic heterocycles. The SMILES string of the molecule is COCCCn1c(=O)[nH]c(=O)c2c(N)c(C(=O)c3ccc(C4CCCCC4)cc3)sc21. The van der Waals surface area contributed by atoms with Crippen molar-refractivity contribution in [3.8, 4) is 0 Å². The molecule has 164 valence electrons. The molecule has 1 aliphatic rings. The van der Waals surface area contributed by atoms with E-state index >= 15 is 0 Å². The molecule has 4 rings (SSSR count). The smallest absolute Gasteiger partial charge is 0.329 e. The maximum atomic E-state index is 13.2. The van der Waals surface area contributed by atoms with Gasteiger partial charge in [-0.25, -0.2) is 4.79 Å². The van der Waals surface area contributed by atoms with Crippen molar-refractivity contribution in [3.05, 3.63) is 61.1 Å². The van der Waals surface area contributed by atoms with Crippen molar-refractivity contribution < 1.29 is 9.53 Å². The summed E-state index contributed by atoms with van der Waals surface area (Å²) < 4.78 is 6.51. The van der Waals surface area contributed by atoms with E-state index in [-0.39, 0.29) is 21.7 Å². The van der Waals surface area contributed by atoms with E-state index < -0.39 is 11.2 Å². The fourth-order valence-electron chi connectivity index (χ4n) is 4.37. The number of aryl methyl sites for hydroxylation is 1. The molecule has 2 heterocycles. The van der Waals surface area contributed by atoms with E-state index in [9.17, 15) is 14.4 Å². The summed E-state index contributed by atoms with van der Waals surface area (Å²) in [5.74, 6) is 0.330. The maximum absolute atomic E-state index is 13.2. The predicted octanol–water partition coefficient (Wildman–Crippen LogP) is 3.65. The Kier molecular flexibility index (Phi) is 6.38. The minimum atomic E-state index is -0.566. The number of rotatable bonds is 7. The number of fused-ring (bicyclic) bond motifs is 1. The highest BCUT2D eigenvalue weighted by Crippen LogP contribution is 2.35. The number of aromatic amines is 1. The van der Waals surface area contributed by atoms with Crippen LogP contribution in [0.2, 0.25) is 0 Å². The number of benzene rings is 1. The van der Waals surface area contributed by atoms with Crippen LogP contribution in [-0.2, 0) is 11.3 Å². The summed E-state index contributed by atoms with van der Waals surface area (Å²) in [6, 6.07) is 7.73. The fourth-order valence-corrected chi connectivity index (χ4v) is 5.58. The third-order valence-electron chi connectivity index (χ3n) is 6.05. The summed E-state index contributed by atoms with van der Waals surface area (Å²) in [4.78, 5) is 41.0. The molecule has 0 atom stereocenters. The number of carbonyl (C=O) groups excluding carboxylic acids is 1. The standard InChI is InChI=1S/C23H27N3O4S/c1-30-13-5-12-26-22-17(21(28)25-23(26)29)18(24)20(31-22)19(27)16-10-8-15(9-11-16)14-6-3-2-4-7-14/h8-11,14H,2-7,12-13,24H2,1H3,(H,25,28,29). The number of carbonyl (C=O) groups is 1. The van der Waals surface area contributed by atoms with Gasteiger partial charge in [-0.2, -0.15) is 0 Å². The number of hydrogen-bond donors (Lipinski definition) is 2. The number of ether oxygens (including phenoxy) is 1. The highest BCUT2D eigenvalue weighted by Gasteiger charge is 2.23. The fraction of sp³-hybridized carbons (Fsp3) is 0.435. The monoisotopic (exact) mass is 441 g/mol. The van der Waals surface area contributed by atoms with Gasteiger partial charge in [0, 0.05) is 25.8 Å². The van der Waals surface area contributed by atoms with Crippen LogP contribution in [0.3, 0.4) is 0 Å². The zero-order valence-electron chi connectivity index (χ0n) is 17.6. The average Bonchev–Trinajstić information content (AvgIpc) is 3.13. The molecular formula is C23H27N3O4S. The van der Waals surface area contributed by atoms with Gasteiger partial charge < -0.3 is 10.5 Å². The Hall–Kier alpha value is -2.71. The second-order valence-corrected chi connectivity index (χ2v) is 9.07. The van der Waals surface area contributed by atoms with Gasteiger partial charge in [0.15, 0.2) is 0 Å². The van der Waals surface area contributed by atoms with Crippen LogP contribution in [0.25, 0.3) is 10.2 Å². The molecule has 8 heteroatoms. The molecule has 3 aromatic rings. The largest absolute Gasteiger partial charge is 0.397 e. The molecule has 3 N–H and O–H groups in total. The molecule has 0 spiro atoms. The van der Waals surface area contributed by atoms with Crippen molar-refractivity contribution in [2.45, 2.75) is 51.0 Å². The van der Waals surface area contributed by atoms with Crippen LogP contribution in [-0.4, -0.2) is 29.1 Å². The molecule has 1 saturated carbocycles. The molecule has 1 fully saturated rings. The Morgan fingerprint density at radius 3 is 2.58 bits per heavy atom. The lowest BCUT2D eigenvalue weighted by molar-refractivity contribution is 0.104. The van der Waals surface area contributed by atoms with Gasteiger partial charge in [0.2, 0.25) is 5.78 Å². The molecular weight excluding hydrogens is 414 g/mol. The highest BCUT2D eigenvalue weighted by molar-refractivity contribution is 7.21. The molecule has 0 radical (unpaired) electrons. The summed E-state index contributed by atoms with van der Waals surface area (Å²) in [5.41, 5.74) is 7.08. The van der Waals surface area contributed by atoms with Crippen LogP contribution in [0.4, 0.5) is 5.69 Å². The molecule has 0 saturated heterocycles.